The third-order valence-electron chi connectivity index (χ3n) is 6.47. The SMILES string of the molecule is CCOC(=O)c1ccc(NC(=O)CSc2nc3ccc(N4CCOCC4)cc3c(=O)n2Cc2ccccc2)cc1. The Labute approximate surface area is 236 Å². The van der Waals surface area contributed by atoms with Crippen LogP contribution in [0.1, 0.15) is 22.8 Å². The van der Waals surface area contributed by atoms with E-state index in [0.717, 1.165) is 24.3 Å². The summed E-state index contributed by atoms with van der Waals surface area (Å²) in [6, 6.07) is 22.0. The van der Waals surface area contributed by atoms with E-state index in [-0.39, 0.29) is 17.2 Å². The van der Waals surface area contributed by atoms with Crippen LogP contribution in [0.4, 0.5) is 11.4 Å². The van der Waals surface area contributed by atoms with E-state index < -0.39 is 5.97 Å². The van der Waals surface area contributed by atoms with E-state index in [0.29, 0.717) is 53.7 Å². The van der Waals surface area contributed by atoms with Gasteiger partial charge in [0.1, 0.15) is 0 Å². The van der Waals surface area contributed by atoms with Crippen LogP contribution in [-0.4, -0.2) is 60.1 Å². The highest BCUT2D eigenvalue weighted by Gasteiger charge is 2.17. The number of hydrogen-bond donors (Lipinski definition) is 1. The molecule has 0 saturated carbocycles. The van der Waals surface area contributed by atoms with Crippen LogP contribution in [0.15, 0.2) is 82.7 Å². The Bertz CT molecular complexity index is 1550. The first kappa shape index (κ1) is 27.4. The second kappa shape index (κ2) is 12.8. The molecule has 1 aliphatic rings. The molecule has 4 aromatic rings. The molecule has 0 atom stereocenters. The number of anilines is 2. The molecule has 5 rings (SSSR count). The number of benzene rings is 3. The highest BCUT2D eigenvalue weighted by atomic mass is 32.2. The van der Waals surface area contributed by atoms with Crippen LogP contribution in [0.2, 0.25) is 0 Å². The van der Waals surface area contributed by atoms with Gasteiger partial charge < -0.3 is 19.7 Å². The molecule has 1 aliphatic heterocycles. The maximum atomic E-state index is 13.8. The number of nitrogens with one attached hydrogen (secondary N) is 1. The molecule has 10 heteroatoms. The van der Waals surface area contributed by atoms with Crippen molar-refractivity contribution in [2.24, 2.45) is 0 Å². The topological polar surface area (TPSA) is 103 Å². The lowest BCUT2D eigenvalue weighted by Crippen LogP contribution is -2.36. The van der Waals surface area contributed by atoms with E-state index in [1.165, 1.54) is 11.8 Å². The molecule has 1 N–H and O–H groups in total. The summed E-state index contributed by atoms with van der Waals surface area (Å²) in [6.07, 6.45) is 0. The molecule has 1 amide bonds. The number of amides is 1. The van der Waals surface area contributed by atoms with Gasteiger partial charge in [-0.15, -0.1) is 0 Å². The minimum Gasteiger partial charge on any atom is -0.462 e. The van der Waals surface area contributed by atoms with Crippen LogP contribution >= 0.6 is 11.8 Å². The fraction of sp³-hybridized carbons (Fsp3) is 0.267. The van der Waals surface area contributed by atoms with Crippen molar-refractivity contribution in [2.45, 2.75) is 18.6 Å². The fourth-order valence-corrected chi connectivity index (χ4v) is 5.25. The van der Waals surface area contributed by atoms with Crippen molar-refractivity contribution in [3.8, 4) is 0 Å². The van der Waals surface area contributed by atoms with Crippen molar-refractivity contribution < 1.29 is 19.1 Å². The van der Waals surface area contributed by atoms with Crippen molar-refractivity contribution in [1.82, 2.24) is 9.55 Å². The van der Waals surface area contributed by atoms with E-state index >= 15 is 0 Å². The van der Waals surface area contributed by atoms with Crippen LogP contribution in [0.3, 0.4) is 0 Å². The third-order valence-corrected chi connectivity index (χ3v) is 7.45. The molecule has 1 fully saturated rings. The maximum absolute atomic E-state index is 13.8. The zero-order valence-corrected chi connectivity index (χ0v) is 23.0. The largest absolute Gasteiger partial charge is 0.462 e. The predicted molar refractivity (Wildman–Crippen MR) is 156 cm³/mol. The van der Waals surface area contributed by atoms with Crippen molar-refractivity contribution >= 4 is 45.9 Å². The monoisotopic (exact) mass is 558 g/mol. The Morgan fingerprint density at radius 3 is 2.50 bits per heavy atom. The van der Waals surface area contributed by atoms with Gasteiger partial charge in [-0.3, -0.25) is 14.2 Å². The number of esters is 1. The average Bonchev–Trinajstić information content (AvgIpc) is 2.99. The lowest BCUT2D eigenvalue weighted by atomic mass is 10.2. The van der Waals surface area contributed by atoms with Gasteiger partial charge >= 0.3 is 5.97 Å². The number of nitrogens with zero attached hydrogens (tertiary/aromatic N) is 3. The van der Waals surface area contributed by atoms with Crippen molar-refractivity contribution in [1.29, 1.82) is 0 Å². The minimum absolute atomic E-state index is 0.0538. The first-order chi connectivity index (χ1) is 19.5. The number of aromatic nitrogens is 2. The van der Waals surface area contributed by atoms with Crippen LogP contribution < -0.4 is 15.8 Å². The second-order valence-electron chi connectivity index (χ2n) is 9.21. The number of morpholine rings is 1. The van der Waals surface area contributed by atoms with Gasteiger partial charge in [-0.2, -0.15) is 0 Å². The van der Waals surface area contributed by atoms with Crippen molar-refractivity contribution in [3.63, 3.8) is 0 Å². The Kier molecular flexibility index (Phi) is 8.78. The van der Waals surface area contributed by atoms with Gasteiger partial charge in [-0.05, 0) is 55.0 Å². The predicted octanol–water partition coefficient (Wildman–Crippen LogP) is 4.19. The molecule has 1 saturated heterocycles. The van der Waals surface area contributed by atoms with Crippen LogP contribution in [0.5, 0.6) is 0 Å². The number of hydrogen-bond acceptors (Lipinski definition) is 8. The summed E-state index contributed by atoms with van der Waals surface area (Å²) in [4.78, 5) is 45.4. The highest BCUT2D eigenvalue weighted by molar-refractivity contribution is 7.99. The molecule has 9 nitrogen and oxygen atoms in total. The van der Waals surface area contributed by atoms with Gasteiger partial charge in [-0.1, -0.05) is 42.1 Å². The molecule has 0 spiro atoms. The number of carbonyl (C=O) groups is 2. The molecule has 0 unspecified atom stereocenters. The quantitative estimate of drug-likeness (QED) is 0.185. The van der Waals surface area contributed by atoms with Gasteiger partial charge in [0.15, 0.2) is 5.16 Å². The summed E-state index contributed by atoms with van der Waals surface area (Å²) in [7, 11) is 0. The van der Waals surface area contributed by atoms with Gasteiger partial charge in [0.2, 0.25) is 5.91 Å². The van der Waals surface area contributed by atoms with E-state index in [2.05, 4.69) is 10.2 Å². The van der Waals surface area contributed by atoms with Gasteiger partial charge in [0.25, 0.3) is 5.56 Å². The lowest BCUT2D eigenvalue weighted by molar-refractivity contribution is -0.113. The summed E-state index contributed by atoms with van der Waals surface area (Å²) in [5.41, 5.74) is 3.33. The van der Waals surface area contributed by atoms with Crippen LogP contribution in [0.25, 0.3) is 10.9 Å². The highest BCUT2D eigenvalue weighted by Crippen LogP contribution is 2.24. The second-order valence-corrected chi connectivity index (χ2v) is 10.1. The molecule has 3 aromatic carbocycles. The van der Waals surface area contributed by atoms with E-state index in [9.17, 15) is 14.4 Å². The fourth-order valence-electron chi connectivity index (χ4n) is 4.45. The summed E-state index contributed by atoms with van der Waals surface area (Å²) in [6.45, 7) is 5.23. The lowest BCUT2D eigenvalue weighted by Gasteiger charge is -2.29. The molecule has 0 radical (unpaired) electrons. The standard InChI is InChI=1S/C30H30N4O5S/c1-2-39-29(37)22-8-10-23(11-9-22)31-27(35)20-40-30-32-26-13-12-24(33-14-16-38-17-15-33)18-25(26)28(36)34(30)19-21-6-4-3-5-7-21/h3-13,18H,2,14-17,19-20H2,1H3,(H,31,35). The zero-order valence-electron chi connectivity index (χ0n) is 22.2. The Morgan fingerprint density at radius 2 is 1.77 bits per heavy atom. The van der Waals surface area contributed by atoms with Crippen LogP contribution in [-0.2, 0) is 20.8 Å². The molecule has 0 bridgehead atoms. The summed E-state index contributed by atoms with van der Waals surface area (Å²) < 4.78 is 12.1. The first-order valence-electron chi connectivity index (χ1n) is 13.1. The molecular weight excluding hydrogens is 528 g/mol. The summed E-state index contributed by atoms with van der Waals surface area (Å²) in [5, 5.41) is 3.84. The molecule has 40 heavy (non-hydrogen) atoms. The molecular formula is C30H30N4O5S. The van der Waals surface area contributed by atoms with E-state index in [4.69, 9.17) is 14.5 Å². The minimum atomic E-state index is -0.410. The molecule has 1 aromatic heterocycles. The maximum Gasteiger partial charge on any atom is 0.338 e. The Balaban J connectivity index is 1.37. The first-order valence-corrected chi connectivity index (χ1v) is 14.1. The van der Waals surface area contributed by atoms with Gasteiger partial charge in [-0.25, -0.2) is 9.78 Å². The van der Waals surface area contributed by atoms with E-state index in [1.807, 2.05) is 48.5 Å². The van der Waals surface area contributed by atoms with Crippen molar-refractivity contribution in [2.75, 3.05) is 48.9 Å². The smallest absolute Gasteiger partial charge is 0.338 e. The summed E-state index contributed by atoms with van der Waals surface area (Å²) in [5.74, 6) is -0.609. The number of thioether (sulfide) groups is 1. The Hall–Kier alpha value is -4.15. The molecule has 0 aliphatic carbocycles. The molecule has 206 valence electrons. The van der Waals surface area contributed by atoms with E-state index in [1.54, 1.807) is 35.8 Å². The number of carbonyl (C=O) groups excluding carboxylic acids is 2. The summed E-state index contributed by atoms with van der Waals surface area (Å²) >= 11 is 1.21. The average molecular weight is 559 g/mol. The number of ether oxygens (including phenoxy) is 2. The molecule has 2 heterocycles. The van der Waals surface area contributed by atoms with Gasteiger partial charge in [0.05, 0.1) is 48.6 Å². The number of rotatable bonds is 9. The third kappa shape index (κ3) is 6.52. The van der Waals surface area contributed by atoms with Crippen molar-refractivity contribution in [3.05, 3.63) is 94.3 Å². The normalized spacial score (nSPS) is 13.3. The van der Waals surface area contributed by atoms with Crippen LogP contribution in [0, 0.1) is 0 Å². The van der Waals surface area contributed by atoms with Gasteiger partial charge in [0, 0.05) is 24.5 Å². The Morgan fingerprint density at radius 1 is 1.02 bits per heavy atom. The number of fused-ring (bicyclic) bond motifs is 1. The zero-order chi connectivity index (χ0) is 27.9.